The van der Waals surface area contributed by atoms with Crippen LogP contribution in [-0.4, -0.2) is 70.8 Å². The second-order valence-corrected chi connectivity index (χ2v) is 6.30. The summed E-state index contributed by atoms with van der Waals surface area (Å²) >= 11 is 0. The van der Waals surface area contributed by atoms with E-state index in [1.807, 2.05) is 57.1 Å². The maximum atomic E-state index is 13.0. The van der Waals surface area contributed by atoms with Crippen LogP contribution in [0, 0.1) is 0 Å². The first-order valence-corrected chi connectivity index (χ1v) is 7.89. The number of benzene rings is 1. The van der Waals surface area contributed by atoms with Gasteiger partial charge in [-0.2, -0.15) is 0 Å². The van der Waals surface area contributed by atoms with Gasteiger partial charge in [-0.1, -0.05) is 0 Å². The van der Waals surface area contributed by atoms with Crippen LogP contribution in [0.5, 0.6) is 0 Å². The van der Waals surface area contributed by atoms with Gasteiger partial charge < -0.3 is 14.4 Å². The Morgan fingerprint density at radius 3 is 1.87 bits per heavy atom. The van der Waals surface area contributed by atoms with Crippen molar-refractivity contribution in [3.05, 3.63) is 29.8 Å². The molecular formula is C18H30N2O3. The molecule has 1 aromatic rings. The number of ether oxygens (including phenoxy) is 2. The van der Waals surface area contributed by atoms with Crippen molar-refractivity contribution in [3.63, 3.8) is 0 Å². The van der Waals surface area contributed by atoms with Crippen LogP contribution in [0.25, 0.3) is 0 Å². The molecule has 0 spiro atoms. The normalized spacial score (nSPS) is 11.8. The van der Waals surface area contributed by atoms with E-state index in [1.54, 1.807) is 14.2 Å². The van der Waals surface area contributed by atoms with E-state index in [9.17, 15) is 4.79 Å². The number of nitrogens with zero attached hydrogens (tertiary/aromatic N) is 2. The molecule has 0 aromatic heterocycles. The predicted molar refractivity (Wildman–Crippen MR) is 94.5 cm³/mol. The molecule has 0 saturated heterocycles. The highest BCUT2D eigenvalue weighted by Gasteiger charge is 2.34. The maximum absolute atomic E-state index is 13.0. The molecule has 5 nitrogen and oxygen atoms in total. The van der Waals surface area contributed by atoms with E-state index >= 15 is 0 Å². The molecule has 130 valence electrons. The van der Waals surface area contributed by atoms with Crippen molar-refractivity contribution in [2.45, 2.75) is 19.4 Å². The molecular weight excluding hydrogens is 292 g/mol. The van der Waals surface area contributed by atoms with Crippen molar-refractivity contribution in [1.82, 2.24) is 4.90 Å². The lowest BCUT2D eigenvalue weighted by Gasteiger charge is -2.37. The molecule has 0 N–H and O–H groups in total. The van der Waals surface area contributed by atoms with Gasteiger partial charge >= 0.3 is 0 Å². The lowest BCUT2D eigenvalue weighted by atomic mass is 9.91. The van der Waals surface area contributed by atoms with Crippen LogP contribution in [0.4, 0.5) is 5.69 Å². The standard InChI is InChI=1S/C18H30N2O3/c1-18(2,20(11-13-22-5)12-14-23-6)17(21)15-7-9-16(10-8-15)19(3)4/h7-10H,11-14H2,1-6H3. The zero-order chi connectivity index (χ0) is 17.5. The summed E-state index contributed by atoms with van der Waals surface area (Å²) < 4.78 is 10.4. The lowest BCUT2D eigenvalue weighted by molar-refractivity contribution is 0.0418. The molecule has 0 aliphatic rings. The molecule has 0 unspecified atom stereocenters. The number of hydrogen-bond donors (Lipinski definition) is 0. The van der Waals surface area contributed by atoms with Gasteiger partial charge in [0.15, 0.2) is 5.78 Å². The molecule has 0 heterocycles. The third-order valence-corrected chi connectivity index (χ3v) is 4.12. The van der Waals surface area contributed by atoms with Gasteiger partial charge in [0.1, 0.15) is 0 Å². The predicted octanol–water partition coefficient (Wildman–Crippen LogP) is 2.31. The Morgan fingerprint density at radius 1 is 1.00 bits per heavy atom. The Labute approximate surface area is 140 Å². The van der Waals surface area contributed by atoms with E-state index < -0.39 is 5.54 Å². The molecule has 0 bridgehead atoms. The highest BCUT2D eigenvalue weighted by atomic mass is 16.5. The zero-order valence-corrected chi connectivity index (χ0v) is 15.3. The maximum Gasteiger partial charge on any atom is 0.182 e. The second-order valence-electron chi connectivity index (χ2n) is 6.30. The number of methoxy groups -OCH3 is 2. The fraction of sp³-hybridized carbons (Fsp3) is 0.611. The van der Waals surface area contributed by atoms with Gasteiger partial charge in [0.2, 0.25) is 0 Å². The summed E-state index contributed by atoms with van der Waals surface area (Å²) in [5.74, 6) is 0.106. The van der Waals surface area contributed by atoms with Crippen LogP contribution in [0.2, 0.25) is 0 Å². The van der Waals surface area contributed by atoms with Crippen molar-refractivity contribution < 1.29 is 14.3 Å². The minimum absolute atomic E-state index is 0.106. The topological polar surface area (TPSA) is 42.0 Å². The first kappa shape index (κ1) is 19.6. The van der Waals surface area contributed by atoms with Crippen molar-refractivity contribution in [1.29, 1.82) is 0 Å². The zero-order valence-electron chi connectivity index (χ0n) is 15.3. The molecule has 0 atom stereocenters. The van der Waals surface area contributed by atoms with E-state index in [0.717, 1.165) is 11.3 Å². The van der Waals surface area contributed by atoms with Crippen molar-refractivity contribution in [3.8, 4) is 0 Å². The third kappa shape index (κ3) is 5.30. The summed E-state index contributed by atoms with van der Waals surface area (Å²) in [7, 11) is 7.31. The Morgan fingerprint density at radius 2 is 1.48 bits per heavy atom. The first-order chi connectivity index (χ1) is 10.8. The Kier molecular flexibility index (Phi) is 7.68. The van der Waals surface area contributed by atoms with Gasteiger partial charge in [0.25, 0.3) is 0 Å². The largest absolute Gasteiger partial charge is 0.383 e. The molecule has 1 rings (SSSR count). The molecule has 0 aliphatic heterocycles. The van der Waals surface area contributed by atoms with Crippen LogP contribution in [0.1, 0.15) is 24.2 Å². The second kappa shape index (κ2) is 9.01. The number of anilines is 1. The quantitative estimate of drug-likeness (QED) is 0.618. The van der Waals surface area contributed by atoms with Crippen LogP contribution in [-0.2, 0) is 9.47 Å². The molecule has 0 amide bonds. The highest BCUT2D eigenvalue weighted by molar-refractivity contribution is 6.02. The Hall–Kier alpha value is -1.43. The van der Waals surface area contributed by atoms with Gasteiger partial charge in [0, 0.05) is 52.7 Å². The molecule has 5 heteroatoms. The summed E-state index contributed by atoms with van der Waals surface area (Å²) in [5, 5.41) is 0. The lowest BCUT2D eigenvalue weighted by Crippen LogP contribution is -2.52. The summed E-state index contributed by atoms with van der Waals surface area (Å²) in [6.07, 6.45) is 0. The van der Waals surface area contributed by atoms with Gasteiger partial charge in [-0.05, 0) is 38.1 Å². The Balaban J connectivity index is 2.94. The van der Waals surface area contributed by atoms with Crippen LogP contribution in [0.3, 0.4) is 0 Å². The first-order valence-electron chi connectivity index (χ1n) is 7.89. The van der Waals surface area contributed by atoms with Crippen LogP contribution < -0.4 is 4.90 Å². The number of Topliss-reactive ketones (excluding diaryl/α,β-unsaturated/α-hetero) is 1. The molecule has 23 heavy (non-hydrogen) atoms. The fourth-order valence-electron chi connectivity index (χ4n) is 2.48. The average Bonchev–Trinajstić information content (AvgIpc) is 2.54. The van der Waals surface area contributed by atoms with Crippen molar-refractivity contribution >= 4 is 11.5 Å². The number of hydrogen-bond acceptors (Lipinski definition) is 5. The monoisotopic (exact) mass is 322 g/mol. The summed E-state index contributed by atoms with van der Waals surface area (Å²) in [6.45, 7) is 6.46. The van der Waals surface area contributed by atoms with Crippen molar-refractivity contribution in [2.24, 2.45) is 0 Å². The highest BCUT2D eigenvalue weighted by Crippen LogP contribution is 2.22. The van der Waals surface area contributed by atoms with Gasteiger partial charge in [0.05, 0.1) is 18.8 Å². The van der Waals surface area contributed by atoms with Gasteiger partial charge in [-0.25, -0.2) is 0 Å². The summed E-state index contributed by atoms with van der Waals surface area (Å²) in [6, 6.07) is 7.73. The van der Waals surface area contributed by atoms with Gasteiger partial charge in [-0.15, -0.1) is 0 Å². The Bertz CT molecular complexity index is 476. The van der Waals surface area contributed by atoms with E-state index in [4.69, 9.17) is 9.47 Å². The smallest absolute Gasteiger partial charge is 0.182 e. The SMILES string of the molecule is COCCN(CCOC)C(C)(C)C(=O)c1ccc(N(C)C)cc1. The number of rotatable bonds is 10. The average molecular weight is 322 g/mol. The molecule has 0 radical (unpaired) electrons. The van der Waals surface area contributed by atoms with E-state index in [0.29, 0.717) is 26.3 Å². The van der Waals surface area contributed by atoms with E-state index in [1.165, 1.54) is 0 Å². The number of ketones is 1. The van der Waals surface area contributed by atoms with Crippen LogP contribution >= 0.6 is 0 Å². The summed E-state index contributed by atoms with van der Waals surface area (Å²) in [5.41, 5.74) is 1.19. The van der Waals surface area contributed by atoms with Crippen LogP contribution in [0.15, 0.2) is 24.3 Å². The molecule has 0 saturated carbocycles. The van der Waals surface area contributed by atoms with E-state index in [2.05, 4.69) is 4.90 Å². The molecule has 0 aliphatic carbocycles. The summed E-state index contributed by atoms with van der Waals surface area (Å²) in [4.78, 5) is 17.1. The van der Waals surface area contributed by atoms with Gasteiger partial charge in [-0.3, -0.25) is 9.69 Å². The minimum Gasteiger partial charge on any atom is -0.383 e. The third-order valence-electron chi connectivity index (χ3n) is 4.12. The van der Waals surface area contributed by atoms with Crippen molar-refractivity contribution in [2.75, 3.05) is 59.5 Å². The molecule has 1 aromatic carbocycles. The van der Waals surface area contributed by atoms with E-state index in [-0.39, 0.29) is 5.78 Å². The number of carbonyl (C=O) groups is 1. The molecule has 0 fully saturated rings. The minimum atomic E-state index is -0.614. The fourth-order valence-corrected chi connectivity index (χ4v) is 2.48. The number of carbonyl (C=O) groups excluding carboxylic acids is 1.